The van der Waals surface area contributed by atoms with E-state index in [1.54, 1.807) is 12.1 Å². The van der Waals surface area contributed by atoms with Gasteiger partial charge >= 0.3 is 11.9 Å². The van der Waals surface area contributed by atoms with Gasteiger partial charge in [0.2, 0.25) is 0 Å². The molecule has 1 aromatic rings. The zero-order valence-corrected chi connectivity index (χ0v) is 14.9. The lowest BCUT2D eigenvalue weighted by Gasteiger charge is -2.20. The standard InChI is InChI=1S/C19H25ClO4/c1-14-10-11-16(20)17(12-14)24-19(22)9-5-8-18(21)23-13-15-6-3-2-4-7-15/h10-12,15H,2-9,13H2,1H3. The number of rotatable bonds is 7. The van der Waals surface area contributed by atoms with Gasteiger partial charge in [0.15, 0.2) is 0 Å². The Bertz CT molecular complexity index is 564. The first-order valence-corrected chi connectivity index (χ1v) is 9.05. The Balaban J connectivity index is 1.63. The molecule has 0 unspecified atom stereocenters. The van der Waals surface area contributed by atoms with E-state index < -0.39 is 0 Å². The summed E-state index contributed by atoms with van der Waals surface area (Å²) >= 11 is 5.99. The van der Waals surface area contributed by atoms with Crippen LogP contribution in [0.5, 0.6) is 5.75 Å². The van der Waals surface area contributed by atoms with E-state index in [9.17, 15) is 9.59 Å². The third kappa shape index (κ3) is 6.52. The average Bonchev–Trinajstić information content (AvgIpc) is 2.57. The Morgan fingerprint density at radius 1 is 1.12 bits per heavy atom. The average molecular weight is 353 g/mol. The highest BCUT2D eigenvalue weighted by Gasteiger charge is 2.16. The molecular weight excluding hydrogens is 328 g/mol. The van der Waals surface area contributed by atoms with Gasteiger partial charge in [-0.05, 0) is 49.8 Å². The molecule has 24 heavy (non-hydrogen) atoms. The number of carbonyl (C=O) groups excluding carboxylic acids is 2. The van der Waals surface area contributed by atoms with Crippen molar-refractivity contribution in [2.75, 3.05) is 6.61 Å². The molecule has 4 nitrogen and oxygen atoms in total. The second-order valence-electron chi connectivity index (χ2n) is 6.45. The van der Waals surface area contributed by atoms with Crippen molar-refractivity contribution in [2.45, 2.75) is 58.3 Å². The highest BCUT2D eigenvalue weighted by molar-refractivity contribution is 6.32. The van der Waals surface area contributed by atoms with Crippen molar-refractivity contribution in [3.05, 3.63) is 28.8 Å². The number of esters is 2. The van der Waals surface area contributed by atoms with Crippen LogP contribution in [0.3, 0.4) is 0 Å². The quantitative estimate of drug-likeness (QED) is 0.520. The number of hydrogen-bond donors (Lipinski definition) is 0. The molecule has 5 heteroatoms. The predicted molar refractivity (Wildman–Crippen MR) is 93.2 cm³/mol. The van der Waals surface area contributed by atoms with Crippen LogP contribution in [0.2, 0.25) is 5.02 Å². The van der Waals surface area contributed by atoms with E-state index in [0.29, 0.717) is 29.7 Å². The van der Waals surface area contributed by atoms with Crippen LogP contribution in [0.4, 0.5) is 0 Å². The van der Waals surface area contributed by atoms with Crippen molar-refractivity contribution in [1.82, 2.24) is 0 Å². The van der Waals surface area contributed by atoms with Gasteiger partial charge in [0, 0.05) is 12.8 Å². The number of hydrogen-bond acceptors (Lipinski definition) is 4. The van der Waals surface area contributed by atoms with Gasteiger partial charge in [-0.1, -0.05) is 36.9 Å². The minimum atomic E-state index is -0.386. The minimum absolute atomic E-state index is 0.169. The van der Waals surface area contributed by atoms with E-state index in [4.69, 9.17) is 21.1 Å². The lowest BCUT2D eigenvalue weighted by atomic mass is 9.90. The van der Waals surface area contributed by atoms with Crippen LogP contribution < -0.4 is 4.74 Å². The molecule has 0 aliphatic heterocycles. The van der Waals surface area contributed by atoms with Crippen LogP contribution >= 0.6 is 11.6 Å². The van der Waals surface area contributed by atoms with Crippen molar-refractivity contribution in [2.24, 2.45) is 5.92 Å². The Morgan fingerprint density at radius 2 is 1.83 bits per heavy atom. The molecule has 1 saturated carbocycles. The van der Waals surface area contributed by atoms with Gasteiger partial charge < -0.3 is 9.47 Å². The summed E-state index contributed by atoms with van der Waals surface area (Å²) in [5.74, 6) is 0.252. The Hall–Kier alpha value is -1.55. The summed E-state index contributed by atoms with van der Waals surface area (Å²) in [6, 6.07) is 5.27. The molecule has 1 fully saturated rings. The summed E-state index contributed by atoms with van der Waals surface area (Å²) in [7, 11) is 0. The number of ether oxygens (including phenoxy) is 2. The van der Waals surface area contributed by atoms with Crippen LogP contribution in [-0.4, -0.2) is 18.5 Å². The monoisotopic (exact) mass is 352 g/mol. The molecule has 0 atom stereocenters. The molecule has 0 heterocycles. The first kappa shape index (κ1) is 18.8. The number of halogens is 1. The van der Waals surface area contributed by atoms with Gasteiger partial charge in [0.25, 0.3) is 0 Å². The van der Waals surface area contributed by atoms with Crippen molar-refractivity contribution in [3.63, 3.8) is 0 Å². The molecule has 0 N–H and O–H groups in total. The van der Waals surface area contributed by atoms with Crippen molar-refractivity contribution in [3.8, 4) is 5.75 Å². The highest BCUT2D eigenvalue weighted by Crippen LogP contribution is 2.26. The Labute approximate surface area is 148 Å². The summed E-state index contributed by atoms with van der Waals surface area (Å²) in [5.41, 5.74) is 0.966. The summed E-state index contributed by atoms with van der Waals surface area (Å²) in [4.78, 5) is 23.6. The van der Waals surface area contributed by atoms with Gasteiger partial charge in [0.05, 0.1) is 11.6 Å². The Morgan fingerprint density at radius 3 is 2.58 bits per heavy atom. The maximum absolute atomic E-state index is 11.8. The number of aryl methyl sites for hydroxylation is 1. The second-order valence-corrected chi connectivity index (χ2v) is 6.86. The van der Waals surface area contributed by atoms with E-state index >= 15 is 0 Å². The lowest BCUT2D eigenvalue weighted by Crippen LogP contribution is -2.17. The molecule has 0 spiro atoms. The van der Waals surface area contributed by atoms with E-state index in [2.05, 4.69) is 0 Å². The third-order valence-corrected chi connectivity index (χ3v) is 4.59. The third-order valence-electron chi connectivity index (χ3n) is 4.28. The molecular formula is C19H25ClO4. The smallest absolute Gasteiger partial charge is 0.311 e. The van der Waals surface area contributed by atoms with E-state index in [0.717, 1.165) is 18.4 Å². The van der Waals surface area contributed by atoms with E-state index in [1.807, 2.05) is 13.0 Å². The van der Waals surface area contributed by atoms with Gasteiger partial charge in [-0.15, -0.1) is 0 Å². The van der Waals surface area contributed by atoms with Crippen LogP contribution in [0.25, 0.3) is 0 Å². The maximum atomic E-state index is 11.8. The molecule has 0 radical (unpaired) electrons. The highest BCUT2D eigenvalue weighted by atomic mass is 35.5. The largest absolute Gasteiger partial charge is 0.465 e. The zero-order valence-electron chi connectivity index (χ0n) is 14.2. The fourth-order valence-electron chi connectivity index (χ4n) is 2.88. The molecule has 0 amide bonds. The molecule has 0 saturated heterocycles. The minimum Gasteiger partial charge on any atom is -0.465 e. The normalized spacial score (nSPS) is 15.1. The molecule has 132 valence electrons. The van der Waals surface area contributed by atoms with Crippen LogP contribution in [-0.2, 0) is 14.3 Å². The fourth-order valence-corrected chi connectivity index (χ4v) is 3.03. The van der Waals surface area contributed by atoms with Gasteiger partial charge in [-0.25, -0.2) is 0 Å². The second kappa shape index (κ2) is 9.67. The van der Waals surface area contributed by atoms with E-state index in [-0.39, 0.29) is 24.8 Å². The van der Waals surface area contributed by atoms with Crippen LogP contribution in [0.1, 0.15) is 56.9 Å². The van der Waals surface area contributed by atoms with Gasteiger partial charge in [0.1, 0.15) is 5.75 Å². The first-order chi connectivity index (χ1) is 11.5. The number of benzene rings is 1. The van der Waals surface area contributed by atoms with Crippen LogP contribution in [0, 0.1) is 12.8 Å². The predicted octanol–water partition coefficient (Wildman–Crippen LogP) is 4.85. The number of carbonyl (C=O) groups is 2. The van der Waals surface area contributed by atoms with Crippen molar-refractivity contribution >= 4 is 23.5 Å². The molecule has 1 aliphatic rings. The maximum Gasteiger partial charge on any atom is 0.311 e. The molecule has 0 aromatic heterocycles. The Kier molecular flexibility index (Phi) is 7.57. The molecule has 0 bridgehead atoms. The first-order valence-electron chi connectivity index (χ1n) is 8.67. The molecule has 1 aromatic carbocycles. The van der Waals surface area contributed by atoms with Crippen molar-refractivity contribution in [1.29, 1.82) is 0 Å². The van der Waals surface area contributed by atoms with Crippen molar-refractivity contribution < 1.29 is 19.1 Å². The lowest BCUT2D eigenvalue weighted by molar-refractivity contribution is -0.145. The van der Waals surface area contributed by atoms with E-state index in [1.165, 1.54) is 19.3 Å². The summed E-state index contributed by atoms with van der Waals surface area (Å²) in [6.07, 6.45) is 6.88. The molecule has 2 rings (SSSR count). The summed E-state index contributed by atoms with van der Waals surface area (Å²) in [5, 5.41) is 0.404. The van der Waals surface area contributed by atoms with Crippen LogP contribution in [0.15, 0.2) is 18.2 Å². The van der Waals surface area contributed by atoms with Gasteiger partial charge in [-0.2, -0.15) is 0 Å². The fraction of sp³-hybridized carbons (Fsp3) is 0.579. The topological polar surface area (TPSA) is 52.6 Å². The van der Waals surface area contributed by atoms with Gasteiger partial charge in [-0.3, -0.25) is 9.59 Å². The summed E-state index contributed by atoms with van der Waals surface area (Å²) in [6.45, 7) is 2.41. The zero-order chi connectivity index (χ0) is 17.4. The summed E-state index contributed by atoms with van der Waals surface area (Å²) < 4.78 is 10.5. The molecule has 1 aliphatic carbocycles. The SMILES string of the molecule is Cc1ccc(Cl)c(OC(=O)CCCC(=O)OCC2CCCCC2)c1.